The summed E-state index contributed by atoms with van der Waals surface area (Å²) >= 11 is 0. The van der Waals surface area contributed by atoms with E-state index in [-0.39, 0.29) is 5.91 Å². The zero-order chi connectivity index (χ0) is 15.4. The number of rotatable bonds is 4. The van der Waals surface area contributed by atoms with Gasteiger partial charge in [0, 0.05) is 51.9 Å². The lowest BCUT2D eigenvalue weighted by Crippen LogP contribution is -2.52. The van der Waals surface area contributed by atoms with E-state index in [1.54, 1.807) is 0 Å². The molecule has 3 heterocycles. The first-order chi connectivity index (χ1) is 10.7. The molecule has 2 aliphatic rings. The lowest BCUT2D eigenvalue weighted by Gasteiger charge is -2.36. The summed E-state index contributed by atoms with van der Waals surface area (Å²) in [5.41, 5.74) is 0.964. The lowest BCUT2D eigenvalue weighted by atomic mass is 10.2. The average Bonchev–Trinajstić information content (AvgIpc) is 2.94. The number of carbonyl (C=O) groups excluding carboxylic acids is 1. The molecule has 7 heteroatoms. The largest absolute Gasteiger partial charge is 0.379 e. The standard InChI is InChI=1S/C15H24N4O3/c1-13-10-14(16-22-13)11-17-2-4-19(5-3-17)15(20)12-18-6-8-21-9-7-18/h10H,2-9,11-12H2,1H3. The molecule has 3 rings (SSSR count). The van der Waals surface area contributed by atoms with Crippen molar-refractivity contribution in [2.45, 2.75) is 13.5 Å². The van der Waals surface area contributed by atoms with Crippen LogP contribution >= 0.6 is 0 Å². The second-order valence-electron chi connectivity index (χ2n) is 5.97. The van der Waals surface area contributed by atoms with E-state index in [9.17, 15) is 4.79 Å². The summed E-state index contributed by atoms with van der Waals surface area (Å²) in [4.78, 5) is 18.8. The number of nitrogens with zero attached hydrogens (tertiary/aromatic N) is 4. The molecule has 7 nitrogen and oxygen atoms in total. The Bertz CT molecular complexity index is 491. The van der Waals surface area contributed by atoms with Crippen molar-refractivity contribution in [1.29, 1.82) is 0 Å². The Morgan fingerprint density at radius 3 is 2.50 bits per heavy atom. The summed E-state index contributed by atoms with van der Waals surface area (Å²) in [5.74, 6) is 1.08. The molecule has 0 spiro atoms. The SMILES string of the molecule is Cc1cc(CN2CCN(C(=O)CN3CCOCC3)CC2)no1. The van der Waals surface area contributed by atoms with Gasteiger partial charge in [-0.1, -0.05) is 5.16 Å². The van der Waals surface area contributed by atoms with Crippen LogP contribution in [0.4, 0.5) is 0 Å². The molecule has 0 radical (unpaired) electrons. The number of ether oxygens (including phenoxy) is 1. The minimum atomic E-state index is 0.235. The molecular formula is C15H24N4O3. The van der Waals surface area contributed by atoms with Crippen molar-refractivity contribution >= 4 is 5.91 Å². The first kappa shape index (κ1) is 15.5. The molecule has 0 bridgehead atoms. The van der Waals surface area contributed by atoms with Gasteiger partial charge < -0.3 is 14.2 Å². The van der Waals surface area contributed by atoms with E-state index >= 15 is 0 Å². The van der Waals surface area contributed by atoms with Gasteiger partial charge in [0.2, 0.25) is 5.91 Å². The number of amides is 1. The molecule has 2 fully saturated rings. The average molecular weight is 308 g/mol. The van der Waals surface area contributed by atoms with Crippen molar-refractivity contribution in [2.75, 3.05) is 59.0 Å². The summed E-state index contributed by atoms with van der Waals surface area (Å²) < 4.78 is 10.4. The zero-order valence-corrected chi connectivity index (χ0v) is 13.2. The third kappa shape index (κ3) is 4.06. The van der Waals surface area contributed by atoms with Crippen molar-refractivity contribution in [1.82, 2.24) is 19.9 Å². The van der Waals surface area contributed by atoms with Crippen LogP contribution in [0.5, 0.6) is 0 Å². The molecule has 0 saturated carbocycles. The van der Waals surface area contributed by atoms with Crippen molar-refractivity contribution in [3.63, 3.8) is 0 Å². The van der Waals surface area contributed by atoms with Crippen LogP contribution in [0.2, 0.25) is 0 Å². The highest BCUT2D eigenvalue weighted by atomic mass is 16.5. The number of carbonyl (C=O) groups is 1. The number of hydrogen-bond donors (Lipinski definition) is 0. The van der Waals surface area contributed by atoms with Gasteiger partial charge in [-0.3, -0.25) is 14.6 Å². The third-order valence-corrected chi connectivity index (χ3v) is 4.25. The summed E-state index contributed by atoms with van der Waals surface area (Å²) in [6.45, 7) is 9.76. The Hall–Kier alpha value is -1.44. The van der Waals surface area contributed by atoms with E-state index in [0.717, 1.165) is 70.5 Å². The fraction of sp³-hybridized carbons (Fsp3) is 0.733. The highest BCUT2D eigenvalue weighted by molar-refractivity contribution is 5.78. The minimum Gasteiger partial charge on any atom is -0.379 e. The third-order valence-electron chi connectivity index (χ3n) is 4.25. The maximum absolute atomic E-state index is 12.3. The van der Waals surface area contributed by atoms with Crippen LogP contribution in [0.1, 0.15) is 11.5 Å². The summed E-state index contributed by atoms with van der Waals surface area (Å²) in [6, 6.07) is 1.97. The molecular weight excluding hydrogens is 284 g/mol. The first-order valence-corrected chi connectivity index (χ1v) is 7.93. The number of aryl methyl sites for hydroxylation is 1. The monoisotopic (exact) mass is 308 g/mol. The van der Waals surface area contributed by atoms with E-state index in [2.05, 4.69) is 15.0 Å². The number of aromatic nitrogens is 1. The Balaban J connectivity index is 1.41. The molecule has 0 aromatic carbocycles. The first-order valence-electron chi connectivity index (χ1n) is 7.93. The van der Waals surface area contributed by atoms with Gasteiger partial charge in [-0.15, -0.1) is 0 Å². The van der Waals surface area contributed by atoms with Crippen LogP contribution in [0, 0.1) is 6.92 Å². The quantitative estimate of drug-likeness (QED) is 0.778. The van der Waals surface area contributed by atoms with Crippen LogP contribution in [0.15, 0.2) is 10.6 Å². The summed E-state index contributed by atoms with van der Waals surface area (Å²) in [7, 11) is 0. The van der Waals surface area contributed by atoms with Gasteiger partial charge in [0.15, 0.2) is 0 Å². The van der Waals surface area contributed by atoms with Gasteiger partial charge in [0.25, 0.3) is 0 Å². The molecule has 2 aliphatic heterocycles. The second kappa shape index (κ2) is 7.21. The molecule has 22 heavy (non-hydrogen) atoms. The van der Waals surface area contributed by atoms with Gasteiger partial charge in [0.05, 0.1) is 25.5 Å². The fourth-order valence-electron chi connectivity index (χ4n) is 2.93. The molecule has 0 N–H and O–H groups in total. The smallest absolute Gasteiger partial charge is 0.236 e. The maximum atomic E-state index is 12.3. The summed E-state index contributed by atoms with van der Waals surface area (Å²) in [5, 5.41) is 4.03. The van der Waals surface area contributed by atoms with Crippen molar-refractivity contribution in [2.24, 2.45) is 0 Å². The van der Waals surface area contributed by atoms with E-state index in [0.29, 0.717) is 6.54 Å². The van der Waals surface area contributed by atoms with Crippen LogP contribution in [0.3, 0.4) is 0 Å². The van der Waals surface area contributed by atoms with Crippen LogP contribution in [-0.4, -0.2) is 84.8 Å². The molecule has 2 saturated heterocycles. The highest BCUT2D eigenvalue weighted by Crippen LogP contribution is 2.09. The van der Waals surface area contributed by atoms with E-state index in [1.807, 2.05) is 17.9 Å². The van der Waals surface area contributed by atoms with Crippen molar-refractivity contribution in [3.05, 3.63) is 17.5 Å². The van der Waals surface area contributed by atoms with Crippen LogP contribution in [0.25, 0.3) is 0 Å². The van der Waals surface area contributed by atoms with Crippen molar-refractivity contribution < 1.29 is 14.1 Å². The zero-order valence-electron chi connectivity index (χ0n) is 13.2. The van der Waals surface area contributed by atoms with Crippen molar-refractivity contribution in [3.8, 4) is 0 Å². The highest BCUT2D eigenvalue weighted by Gasteiger charge is 2.23. The van der Waals surface area contributed by atoms with Crippen LogP contribution in [-0.2, 0) is 16.1 Å². The molecule has 0 atom stereocenters. The van der Waals surface area contributed by atoms with Gasteiger partial charge in [0.1, 0.15) is 5.76 Å². The summed E-state index contributed by atoms with van der Waals surface area (Å²) in [6.07, 6.45) is 0. The molecule has 0 aliphatic carbocycles. The Labute approximate surface area is 130 Å². The minimum absolute atomic E-state index is 0.235. The topological polar surface area (TPSA) is 62.0 Å². The van der Waals surface area contributed by atoms with Gasteiger partial charge in [-0.2, -0.15) is 0 Å². The van der Waals surface area contributed by atoms with E-state index < -0.39 is 0 Å². The number of morpholine rings is 1. The molecule has 122 valence electrons. The van der Waals surface area contributed by atoms with Gasteiger partial charge in [-0.25, -0.2) is 0 Å². The molecule has 1 aromatic rings. The van der Waals surface area contributed by atoms with Gasteiger partial charge >= 0.3 is 0 Å². The lowest BCUT2D eigenvalue weighted by molar-refractivity contribution is -0.135. The number of hydrogen-bond acceptors (Lipinski definition) is 6. The van der Waals surface area contributed by atoms with E-state index in [4.69, 9.17) is 9.26 Å². The number of piperazine rings is 1. The maximum Gasteiger partial charge on any atom is 0.236 e. The Kier molecular flexibility index (Phi) is 5.07. The Morgan fingerprint density at radius 2 is 1.86 bits per heavy atom. The molecule has 1 amide bonds. The molecule has 1 aromatic heterocycles. The fourth-order valence-corrected chi connectivity index (χ4v) is 2.93. The predicted octanol–water partition coefficient (Wildman–Crippen LogP) is -0.0406. The molecule has 0 unspecified atom stereocenters. The Morgan fingerprint density at radius 1 is 1.14 bits per heavy atom. The predicted molar refractivity (Wildman–Crippen MR) is 80.4 cm³/mol. The van der Waals surface area contributed by atoms with Crippen LogP contribution < -0.4 is 0 Å². The second-order valence-corrected chi connectivity index (χ2v) is 5.97. The normalized spacial score (nSPS) is 21.2. The van der Waals surface area contributed by atoms with Gasteiger partial charge in [-0.05, 0) is 6.92 Å². The van der Waals surface area contributed by atoms with E-state index in [1.165, 1.54) is 0 Å².